The van der Waals surface area contributed by atoms with Gasteiger partial charge in [-0.25, -0.2) is 0 Å². The van der Waals surface area contributed by atoms with Crippen molar-refractivity contribution in [3.63, 3.8) is 0 Å². The zero-order valence-corrected chi connectivity index (χ0v) is 16.1. The van der Waals surface area contributed by atoms with E-state index in [0.29, 0.717) is 17.1 Å². The summed E-state index contributed by atoms with van der Waals surface area (Å²) in [6.07, 6.45) is 8.39. The van der Waals surface area contributed by atoms with Gasteiger partial charge in [-0.2, -0.15) is 0 Å². The zero-order chi connectivity index (χ0) is 18.0. The van der Waals surface area contributed by atoms with E-state index in [1.807, 2.05) is 6.07 Å². The van der Waals surface area contributed by atoms with E-state index in [0.717, 1.165) is 17.7 Å². The van der Waals surface area contributed by atoms with Crippen LogP contribution in [0.5, 0.6) is 17.2 Å². The summed E-state index contributed by atoms with van der Waals surface area (Å²) in [6.45, 7) is 9.56. The maximum absolute atomic E-state index is 10.1. The highest BCUT2D eigenvalue weighted by atomic mass is 16.5. The average Bonchev–Trinajstić information content (AvgIpc) is 2.52. The molecule has 0 amide bonds. The molecule has 0 radical (unpaired) electrons. The minimum Gasteiger partial charge on any atom is -0.504 e. The summed E-state index contributed by atoms with van der Waals surface area (Å²) in [4.78, 5) is 0. The van der Waals surface area contributed by atoms with E-state index >= 15 is 0 Å². The molecule has 3 atom stereocenters. The van der Waals surface area contributed by atoms with Gasteiger partial charge in [-0.1, -0.05) is 27.2 Å². The van der Waals surface area contributed by atoms with E-state index in [4.69, 9.17) is 9.47 Å². The molecule has 0 bridgehead atoms. The number of hydrogen-bond donors (Lipinski definition) is 1. The topological polar surface area (TPSA) is 38.7 Å². The van der Waals surface area contributed by atoms with E-state index in [9.17, 15) is 5.11 Å². The standard InChI is InChI=1S/C22H30O3/c1-20(2)8-6-9-21(3)18(20)7-10-22(4)19(21)12-14-11-17(24-5)15(23)13-16(14)25-22/h11-13,18,23H,6-10H2,1-5H3/t18?,21-,22?/m0/s1. The van der Waals surface area contributed by atoms with E-state index in [2.05, 4.69) is 33.8 Å². The molecule has 2 unspecified atom stereocenters. The molecule has 1 heterocycles. The minimum atomic E-state index is -0.271. The third kappa shape index (κ3) is 2.31. The van der Waals surface area contributed by atoms with Crippen molar-refractivity contribution in [2.24, 2.45) is 16.7 Å². The highest BCUT2D eigenvalue weighted by Crippen LogP contribution is 2.64. The molecule has 3 heteroatoms. The van der Waals surface area contributed by atoms with Gasteiger partial charge in [-0.3, -0.25) is 0 Å². The fraction of sp³-hybridized carbons (Fsp3) is 0.636. The van der Waals surface area contributed by atoms with Gasteiger partial charge in [-0.15, -0.1) is 0 Å². The largest absolute Gasteiger partial charge is 0.504 e. The van der Waals surface area contributed by atoms with Crippen molar-refractivity contribution in [3.8, 4) is 17.2 Å². The molecule has 1 aliphatic heterocycles. The first-order valence-corrected chi connectivity index (χ1v) is 9.52. The van der Waals surface area contributed by atoms with Gasteiger partial charge in [0.1, 0.15) is 11.4 Å². The summed E-state index contributed by atoms with van der Waals surface area (Å²) >= 11 is 0. The minimum absolute atomic E-state index is 0.139. The highest BCUT2D eigenvalue weighted by Gasteiger charge is 2.57. The lowest BCUT2D eigenvalue weighted by atomic mass is 9.47. The van der Waals surface area contributed by atoms with E-state index < -0.39 is 0 Å². The van der Waals surface area contributed by atoms with Crippen molar-refractivity contribution < 1.29 is 14.6 Å². The average molecular weight is 342 g/mol. The smallest absolute Gasteiger partial charge is 0.161 e. The van der Waals surface area contributed by atoms with Gasteiger partial charge >= 0.3 is 0 Å². The molecule has 2 aliphatic carbocycles. The zero-order valence-electron chi connectivity index (χ0n) is 16.1. The molecule has 136 valence electrons. The molecular weight excluding hydrogens is 312 g/mol. The van der Waals surface area contributed by atoms with Gasteiger partial charge in [0.2, 0.25) is 0 Å². The second-order valence-corrected chi connectivity index (χ2v) is 9.30. The van der Waals surface area contributed by atoms with Crippen LogP contribution in [-0.4, -0.2) is 17.8 Å². The first-order valence-electron chi connectivity index (χ1n) is 9.52. The van der Waals surface area contributed by atoms with Crippen LogP contribution < -0.4 is 9.47 Å². The number of fused-ring (bicyclic) bond motifs is 4. The van der Waals surface area contributed by atoms with Crippen molar-refractivity contribution in [2.75, 3.05) is 7.11 Å². The molecular formula is C22H30O3. The van der Waals surface area contributed by atoms with Gasteiger partial charge < -0.3 is 14.6 Å². The number of aromatic hydroxyl groups is 1. The summed E-state index contributed by atoms with van der Waals surface area (Å²) in [7, 11) is 1.59. The van der Waals surface area contributed by atoms with Gasteiger partial charge in [0.15, 0.2) is 11.5 Å². The van der Waals surface area contributed by atoms with Gasteiger partial charge in [0.25, 0.3) is 0 Å². The number of methoxy groups -OCH3 is 1. The van der Waals surface area contributed by atoms with Crippen molar-refractivity contribution in [1.29, 1.82) is 0 Å². The molecule has 2 saturated carbocycles. The van der Waals surface area contributed by atoms with Crippen molar-refractivity contribution >= 4 is 6.08 Å². The summed E-state index contributed by atoms with van der Waals surface area (Å²) in [5, 5.41) is 10.1. The fourth-order valence-corrected chi connectivity index (χ4v) is 6.06. The molecule has 4 rings (SSSR count). The summed E-state index contributed by atoms with van der Waals surface area (Å²) in [6, 6.07) is 3.60. The van der Waals surface area contributed by atoms with Crippen LogP contribution in [-0.2, 0) is 0 Å². The molecule has 1 aromatic carbocycles. The van der Waals surface area contributed by atoms with Crippen LogP contribution in [0.25, 0.3) is 6.08 Å². The number of benzene rings is 1. The van der Waals surface area contributed by atoms with Crippen LogP contribution in [0.3, 0.4) is 0 Å². The van der Waals surface area contributed by atoms with Crippen LogP contribution in [0.4, 0.5) is 0 Å². The van der Waals surface area contributed by atoms with E-state index in [-0.39, 0.29) is 16.8 Å². The monoisotopic (exact) mass is 342 g/mol. The van der Waals surface area contributed by atoms with Gasteiger partial charge in [-0.05, 0) is 67.1 Å². The lowest BCUT2D eigenvalue weighted by molar-refractivity contribution is -0.0516. The molecule has 3 aliphatic rings. The summed E-state index contributed by atoms with van der Waals surface area (Å²) < 4.78 is 11.8. The van der Waals surface area contributed by atoms with Crippen molar-refractivity contribution in [3.05, 3.63) is 23.3 Å². The third-order valence-corrected chi connectivity index (χ3v) is 7.27. The molecule has 0 aromatic heterocycles. The number of hydrogen-bond acceptors (Lipinski definition) is 3. The summed E-state index contributed by atoms with van der Waals surface area (Å²) in [5.41, 5.74) is 2.74. The Morgan fingerprint density at radius 3 is 2.60 bits per heavy atom. The number of rotatable bonds is 1. The predicted molar refractivity (Wildman–Crippen MR) is 100 cm³/mol. The van der Waals surface area contributed by atoms with E-state index in [1.165, 1.54) is 31.3 Å². The molecule has 1 aromatic rings. The molecule has 1 N–H and O–H groups in total. The second kappa shape index (κ2) is 5.18. The molecule has 3 nitrogen and oxygen atoms in total. The van der Waals surface area contributed by atoms with E-state index in [1.54, 1.807) is 13.2 Å². The molecule has 0 saturated heterocycles. The maximum Gasteiger partial charge on any atom is 0.161 e. The first kappa shape index (κ1) is 16.8. The number of ether oxygens (including phenoxy) is 2. The fourth-order valence-electron chi connectivity index (χ4n) is 6.06. The Bertz CT molecular complexity index is 748. The predicted octanol–water partition coefficient (Wildman–Crippen LogP) is 5.56. The molecule has 2 fully saturated rings. The Labute approximate surface area is 151 Å². The SMILES string of the molecule is COc1cc2c(cc1O)OC1(C)CCC3C(C)(C)CCC[C@]3(C)C1=C2. The summed E-state index contributed by atoms with van der Waals surface area (Å²) in [5.74, 6) is 2.10. The van der Waals surface area contributed by atoms with Crippen LogP contribution in [0, 0.1) is 16.7 Å². The van der Waals surface area contributed by atoms with Crippen LogP contribution >= 0.6 is 0 Å². The van der Waals surface area contributed by atoms with Gasteiger partial charge in [0.05, 0.1) is 7.11 Å². The normalized spacial score (nSPS) is 35.6. The Morgan fingerprint density at radius 1 is 1.12 bits per heavy atom. The van der Waals surface area contributed by atoms with Crippen LogP contribution in [0.1, 0.15) is 65.4 Å². The van der Waals surface area contributed by atoms with Crippen molar-refractivity contribution in [1.82, 2.24) is 0 Å². The van der Waals surface area contributed by atoms with Crippen molar-refractivity contribution in [2.45, 2.75) is 65.4 Å². The molecule has 25 heavy (non-hydrogen) atoms. The van der Waals surface area contributed by atoms with Crippen LogP contribution in [0.2, 0.25) is 0 Å². The number of phenolic OH excluding ortho intramolecular Hbond substituents is 1. The Kier molecular flexibility index (Phi) is 3.49. The highest BCUT2D eigenvalue weighted by molar-refractivity contribution is 5.69. The number of phenols is 1. The molecule has 0 spiro atoms. The Hall–Kier alpha value is -1.64. The second-order valence-electron chi connectivity index (χ2n) is 9.30. The lowest BCUT2D eigenvalue weighted by Gasteiger charge is -2.60. The quantitative estimate of drug-likeness (QED) is 0.726. The first-order chi connectivity index (χ1) is 11.7. The van der Waals surface area contributed by atoms with Crippen LogP contribution in [0.15, 0.2) is 17.7 Å². The third-order valence-electron chi connectivity index (χ3n) is 7.27. The Balaban J connectivity index is 1.87. The van der Waals surface area contributed by atoms with Gasteiger partial charge in [0, 0.05) is 11.6 Å². The lowest BCUT2D eigenvalue weighted by Crippen LogP contribution is -2.55. The maximum atomic E-state index is 10.1. The Morgan fingerprint density at radius 2 is 1.88 bits per heavy atom.